The van der Waals surface area contributed by atoms with Gasteiger partial charge in [0.05, 0.1) is 6.61 Å². The van der Waals surface area contributed by atoms with E-state index in [-0.39, 0.29) is 0 Å². The van der Waals surface area contributed by atoms with Gasteiger partial charge in [-0.05, 0) is 225 Å². The fraction of sp³-hybridized carbons (Fsp3) is 0.159. The van der Waals surface area contributed by atoms with Crippen LogP contribution in [0.1, 0.15) is 81.8 Å². The van der Waals surface area contributed by atoms with Gasteiger partial charge >= 0.3 is 0 Å². The third kappa shape index (κ3) is 12.1. The third-order valence-electron chi connectivity index (χ3n) is 13.9. The van der Waals surface area contributed by atoms with Crippen LogP contribution in [0, 0.1) is 41.5 Å². The first-order valence-electron chi connectivity index (χ1n) is 25.8. The van der Waals surface area contributed by atoms with Crippen LogP contribution >= 0.6 is 0 Å². The quantitative estimate of drug-likeness (QED) is 0.0630. The lowest BCUT2D eigenvalue weighted by atomic mass is 10.0. The summed E-state index contributed by atoms with van der Waals surface area (Å²) in [4.78, 5) is 6.99. The van der Waals surface area contributed by atoms with Crippen LogP contribution < -0.4 is 19.4 Å². The summed E-state index contributed by atoms with van der Waals surface area (Å²) in [5.41, 5.74) is 22.2. The molecule has 0 aliphatic heterocycles. The topological polar surface area (TPSA) is 19.0 Å². The Morgan fingerprint density at radius 1 is 0.315 bits per heavy atom. The predicted octanol–water partition coefficient (Wildman–Crippen LogP) is 19.9. The molecule has 364 valence electrons. The molecule has 0 N–H and O–H groups in total. The van der Waals surface area contributed by atoms with Crippen molar-refractivity contribution in [2.24, 2.45) is 0 Å². The average Bonchev–Trinajstić information content (AvgIpc) is 3.41. The summed E-state index contributed by atoms with van der Waals surface area (Å²) in [7, 11) is 0. The van der Waals surface area contributed by atoms with Crippen molar-refractivity contribution >= 4 is 75.5 Å². The lowest BCUT2D eigenvalue weighted by molar-refractivity contribution is 0.306. The van der Waals surface area contributed by atoms with Crippen LogP contribution in [0.3, 0.4) is 0 Å². The van der Waals surface area contributed by atoms with Crippen molar-refractivity contribution in [3.05, 3.63) is 262 Å². The Morgan fingerprint density at radius 2 is 0.658 bits per heavy atom. The zero-order chi connectivity index (χ0) is 50.7. The molecule has 0 amide bonds. The average molecular weight is 954 g/mol. The summed E-state index contributed by atoms with van der Waals surface area (Å²) in [6, 6.07) is 74.3. The molecule has 9 aromatic rings. The summed E-state index contributed by atoms with van der Waals surface area (Å²) in [5, 5.41) is 0. The lowest BCUT2D eigenvalue weighted by Crippen LogP contribution is -2.11. The van der Waals surface area contributed by atoms with E-state index in [1.807, 2.05) is 0 Å². The van der Waals surface area contributed by atoms with Gasteiger partial charge in [-0.2, -0.15) is 0 Å². The number of hydrogen-bond donors (Lipinski definition) is 0. The molecule has 0 heterocycles. The van der Waals surface area contributed by atoms with E-state index in [4.69, 9.17) is 4.74 Å². The molecule has 4 nitrogen and oxygen atoms in total. The highest BCUT2D eigenvalue weighted by Crippen LogP contribution is 2.40. The summed E-state index contributed by atoms with van der Waals surface area (Å²) < 4.78 is 6.15. The Morgan fingerprint density at radius 3 is 1.04 bits per heavy atom. The van der Waals surface area contributed by atoms with Crippen molar-refractivity contribution in [1.82, 2.24) is 0 Å². The molecular weight excluding hydrogens is 887 g/mol. The molecular formula is C69H67N3O. The number of ether oxygens (including phenoxy) is 1. The fourth-order valence-electron chi connectivity index (χ4n) is 9.27. The number of aryl methyl sites for hydroxylation is 6. The minimum absolute atomic E-state index is 0.728. The van der Waals surface area contributed by atoms with Gasteiger partial charge in [0.1, 0.15) is 5.75 Å². The normalized spacial score (nSPS) is 11.3. The SMILES string of the molecule is CCCCCOc1ccc(N(c2ccc(/C=C/c3ccc(N(c4ccccc4)c4ccc(C)c(C)c4)cc3)c(C)c2)c2ccc(/C=C/c3ccc(N(c4ccccc4)c4ccc(C)c(C)c4)cc3)c(C)c2)cc1. The molecule has 0 spiro atoms. The number of para-hydroxylation sites is 2. The molecule has 0 aromatic heterocycles. The second kappa shape index (κ2) is 23.3. The first kappa shape index (κ1) is 49.6. The van der Waals surface area contributed by atoms with Crippen LogP contribution in [-0.4, -0.2) is 6.61 Å². The number of anilines is 9. The van der Waals surface area contributed by atoms with Crippen LogP contribution in [0.15, 0.2) is 206 Å². The maximum Gasteiger partial charge on any atom is 0.119 e. The molecule has 0 saturated heterocycles. The number of nitrogens with zero attached hydrogens (tertiary/aromatic N) is 3. The van der Waals surface area contributed by atoms with E-state index >= 15 is 0 Å². The molecule has 0 radical (unpaired) electrons. The van der Waals surface area contributed by atoms with Crippen LogP contribution in [-0.2, 0) is 0 Å². The molecule has 0 bridgehead atoms. The zero-order valence-electron chi connectivity index (χ0n) is 43.5. The largest absolute Gasteiger partial charge is 0.494 e. The highest BCUT2D eigenvalue weighted by atomic mass is 16.5. The zero-order valence-corrected chi connectivity index (χ0v) is 43.5. The lowest BCUT2D eigenvalue weighted by Gasteiger charge is -2.27. The predicted molar refractivity (Wildman–Crippen MR) is 315 cm³/mol. The minimum Gasteiger partial charge on any atom is -0.494 e. The third-order valence-corrected chi connectivity index (χ3v) is 13.9. The van der Waals surface area contributed by atoms with E-state index in [1.165, 1.54) is 57.3 Å². The molecule has 0 aliphatic rings. The van der Waals surface area contributed by atoms with Crippen molar-refractivity contribution in [2.45, 2.75) is 67.7 Å². The van der Waals surface area contributed by atoms with Gasteiger partial charge in [0.2, 0.25) is 0 Å². The molecule has 0 saturated carbocycles. The molecule has 0 aliphatic carbocycles. The molecule has 0 fully saturated rings. The van der Waals surface area contributed by atoms with Gasteiger partial charge in [-0.1, -0.05) is 129 Å². The van der Waals surface area contributed by atoms with Gasteiger partial charge in [0.25, 0.3) is 0 Å². The molecule has 9 rings (SSSR count). The van der Waals surface area contributed by atoms with Gasteiger partial charge in [0.15, 0.2) is 0 Å². The molecule has 9 aromatic carbocycles. The van der Waals surface area contributed by atoms with E-state index in [1.54, 1.807) is 0 Å². The minimum atomic E-state index is 0.728. The highest BCUT2D eigenvalue weighted by Gasteiger charge is 2.17. The molecule has 4 heteroatoms. The van der Waals surface area contributed by atoms with Crippen LogP contribution in [0.5, 0.6) is 5.75 Å². The Balaban J connectivity index is 0.959. The smallest absolute Gasteiger partial charge is 0.119 e. The van der Waals surface area contributed by atoms with Crippen molar-refractivity contribution < 1.29 is 4.74 Å². The Bertz CT molecular complexity index is 3120. The van der Waals surface area contributed by atoms with E-state index in [2.05, 4.69) is 294 Å². The number of hydrogen-bond acceptors (Lipinski definition) is 4. The maximum atomic E-state index is 6.15. The number of benzene rings is 9. The van der Waals surface area contributed by atoms with Gasteiger partial charge in [-0.15, -0.1) is 0 Å². The number of unbranched alkanes of at least 4 members (excludes halogenated alkanes) is 2. The summed E-state index contributed by atoms with van der Waals surface area (Å²) in [6.07, 6.45) is 12.3. The van der Waals surface area contributed by atoms with Crippen LogP contribution in [0.4, 0.5) is 51.2 Å². The second-order valence-electron chi connectivity index (χ2n) is 19.2. The molecule has 0 atom stereocenters. The monoisotopic (exact) mass is 954 g/mol. The van der Waals surface area contributed by atoms with Crippen LogP contribution in [0.2, 0.25) is 0 Å². The second-order valence-corrected chi connectivity index (χ2v) is 19.2. The first-order chi connectivity index (χ1) is 35.6. The van der Waals surface area contributed by atoms with Crippen molar-refractivity contribution in [2.75, 3.05) is 21.3 Å². The Kier molecular flexibility index (Phi) is 15.8. The fourth-order valence-corrected chi connectivity index (χ4v) is 9.27. The van der Waals surface area contributed by atoms with Gasteiger partial charge in [-0.3, -0.25) is 0 Å². The maximum absolute atomic E-state index is 6.15. The van der Waals surface area contributed by atoms with Crippen molar-refractivity contribution in [1.29, 1.82) is 0 Å². The van der Waals surface area contributed by atoms with Gasteiger partial charge in [-0.25, -0.2) is 0 Å². The Hall–Kier alpha value is -8.34. The first-order valence-corrected chi connectivity index (χ1v) is 25.8. The Labute approximate surface area is 434 Å². The van der Waals surface area contributed by atoms with E-state index in [9.17, 15) is 0 Å². The molecule has 73 heavy (non-hydrogen) atoms. The van der Waals surface area contributed by atoms with Gasteiger partial charge < -0.3 is 19.4 Å². The standard InChI is InChI=1S/C69H67N3O/c1-8-9-16-45-73-69-43-41-64(42-44-69)72(67-39-31-58(54(6)48-67)29-23-56-25-35-62(36-26-56)70(60-17-12-10-13-18-60)65-33-21-50(2)52(4)46-65)68-40-32-59(55(7)49-68)30-24-57-27-37-63(38-28-57)71(61-19-14-11-15-20-61)66-34-22-51(3)53(5)47-66/h10-15,17-44,46-49H,8-9,16,45H2,1-7H3/b29-23+,30-24+. The van der Waals surface area contributed by atoms with Crippen molar-refractivity contribution in [3.63, 3.8) is 0 Å². The molecule has 0 unspecified atom stereocenters. The highest BCUT2D eigenvalue weighted by molar-refractivity contribution is 5.83. The van der Waals surface area contributed by atoms with Crippen molar-refractivity contribution in [3.8, 4) is 5.75 Å². The summed E-state index contributed by atoms with van der Waals surface area (Å²) in [6.45, 7) is 16.0. The van der Waals surface area contributed by atoms with Gasteiger partial charge in [0, 0.05) is 51.2 Å². The van der Waals surface area contributed by atoms with E-state index in [0.29, 0.717) is 0 Å². The summed E-state index contributed by atoms with van der Waals surface area (Å²) >= 11 is 0. The van der Waals surface area contributed by atoms with Crippen LogP contribution in [0.25, 0.3) is 24.3 Å². The number of rotatable bonds is 18. The van der Waals surface area contributed by atoms with E-state index in [0.717, 1.165) is 81.1 Å². The summed E-state index contributed by atoms with van der Waals surface area (Å²) in [5.74, 6) is 0.894. The van der Waals surface area contributed by atoms with E-state index < -0.39 is 0 Å².